The molecule has 0 unspecified atom stereocenters. The number of hydrogen-bond acceptors (Lipinski definition) is 5. The molecule has 2 fully saturated rings. The lowest BCUT2D eigenvalue weighted by molar-refractivity contribution is -0.142. The molecule has 34 heavy (non-hydrogen) atoms. The molecule has 8 heteroatoms. The predicted octanol–water partition coefficient (Wildman–Crippen LogP) is 2.39. The molecule has 0 spiro atoms. The van der Waals surface area contributed by atoms with Crippen LogP contribution in [0.5, 0.6) is 5.75 Å². The van der Waals surface area contributed by atoms with Crippen LogP contribution in [0.15, 0.2) is 42.5 Å². The Morgan fingerprint density at radius 3 is 2.32 bits per heavy atom. The predicted molar refractivity (Wildman–Crippen MR) is 129 cm³/mol. The van der Waals surface area contributed by atoms with Crippen molar-refractivity contribution < 1.29 is 18.7 Å². The summed E-state index contributed by atoms with van der Waals surface area (Å²) < 4.78 is 19.0. The second-order valence-corrected chi connectivity index (χ2v) is 9.32. The standard InChI is InChI=1S/C26H31FN4O3/c1-18(32)28-9-11-29(12-10-28)26(33)23-15-19-3-8-22(34-2)16-24(19)31-14-13-30(17-25(23)31)21-6-4-20(27)5-7-21/h3-8,16,23,25H,9-15,17H2,1-2H3/t23-,25+/m1/s1. The highest BCUT2D eigenvalue weighted by Gasteiger charge is 2.43. The van der Waals surface area contributed by atoms with Crippen molar-refractivity contribution >= 4 is 23.2 Å². The Morgan fingerprint density at radius 1 is 0.941 bits per heavy atom. The SMILES string of the molecule is COc1ccc2c(c1)N1CCN(c3ccc(F)cc3)C[C@H]1[C@H](C(=O)N1CCN(C(C)=O)CC1)C2. The number of amides is 2. The van der Waals surface area contributed by atoms with Crippen molar-refractivity contribution in [3.63, 3.8) is 0 Å². The monoisotopic (exact) mass is 466 g/mol. The fourth-order valence-corrected chi connectivity index (χ4v) is 5.55. The van der Waals surface area contributed by atoms with Gasteiger partial charge in [0, 0.05) is 70.2 Å². The molecule has 0 bridgehead atoms. The maximum atomic E-state index is 13.8. The highest BCUT2D eigenvalue weighted by molar-refractivity contribution is 5.83. The fourth-order valence-electron chi connectivity index (χ4n) is 5.55. The van der Waals surface area contributed by atoms with Crippen LogP contribution in [0.3, 0.4) is 0 Å². The summed E-state index contributed by atoms with van der Waals surface area (Å²) in [6.07, 6.45) is 0.670. The van der Waals surface area contributed by atoms with E-state index in [0.29, 0.717) is 39.1 Å². The first kappa shape index (κ1) is 22.5. The number of ether oxygens (including phenoxy) is 1. The molecular formula is C26H31FN4O3. The first-order valence-electron chi connectivity index (χ1n) is 11.9. The lowest BCUT2D eigenvalue weighted by atomic mass is 9.82. The van der Waals surface area contributed by atoms with Gasteiger partial charge in [0.05, 0.1) is 19.1 Å². The molecule has 0 N–H and O–H groups in total. The van der Waals surface area contributed by atoms with Gasteiger partial charge in [0.25, 0.3) is 0 Å². The molecule has 2 saturated heterocycles. The highest BCUT2D eigenvalue weighted by atomic mass is 19.1. The maximum absolute atomic E-state index is 13.8. The van der Waals surface area contributed by atoms with Crippen molar-refractivity contribution in [3.8, 4) is 5.75 Å². The van der Waals surface area contributed by atoms with Crippen LogP contribution in [-0.4, -0.2) is 80.6 Å². The van der Waals surface area contributed by atoms with E-state index in [1.165, 1.54) is 12.1 Å². The van der Waals surface area contributed by atoms with Crippen LogP contribution >= 0.6 is 0 Å². The number of fused-ring (bicyclic) bond motifs is 3. The number of anilines is 2. The Morgan fingerprint density at radius 2 is 1.65 bits per heavy atom. The number of nitrogens with zero attached hydrogens (tertiary/aromatic N) is 4. The Balaban J connectivity index is 1.43. The van der Waals surface area contributed by atoms with Crippen LogP contribution in [0.25, 0.3) is 0 Å². The lowest BCUT2D eigenvalue weighted by Crippen LogP contribution is -2.62. The van der Waals surface area contributed by atoms with E-state index >= 15 is 0 Å². The maximum Gasteiger partial charge on any atom is 0.228 e. The van der Waals surface area contributed by atoms with Gasteiger partial charge in [-0.2, -0.15) is 0 Å². The zero-order valence-electron chi connectivity index (χ0n) is 19.7. The first-order chi connectivity index (χ1) is 16.4. The number of carbonyl (C=O) groups excluding carboxylic acids is 2. The first-order valence-corrected chi connectivity index (χ1v) is 11.9. The van der Waals surface area contributed by atoms with Gasteiger partial charge >= 0.3 is 0 Å². The molecule has 3 heterocycles. The van der Waals surface area contributed by atoms with Gasteiger partial charge in [0.2, 0.25) is 11.8 Å². The van der Waals surface area contributed by atoms with E-state index in [9.17, 15) is 14.0 Å². The molecule has 2 aromatic rings. The summed E-state index contributed by atoms with van der Waals surface area (Å²) in [6.45, 7) is 6.12. The van der Waals surface area contributed by atoms with Crippen molar-refractivity contribution in [1.82, 2.24) is 9.80 Å². The van der Waals surface area contributed by atoms with Gasteiger partial charge in [0.15, 0.2) is 0 Å². The molecule has 2 amide bonds. The third kappa shape index (κ3) is 4.17. The van der Waals surface area contributed by atoms with Crippen LogP contribution in [0.4, 0.5) is 15.8 Å². The summed E-state index contributed by atoms with van der Waals surface area (Å²) in [6, 6.07) is 12.7. The van der Waals surface area contributed by atoms with Crippen LogP contribution in [0.1, 0.15) is 12.5 Å². The average Bonchev–Trinajstić information content (AvgIpc) is 2.87. The zero-order chi connectivity index (χ0) is 23.8. The fraction of sp³-hybridized carbons (Fsp3) is 0.462. The van der Waals surface area contributed by atoms with Crippen molar-refractivity contribution in [3.05, 3.63) is 53.8 Å². The second kappa shape index (κ2) is 9.16. The number of rotatable bonds is 3. The average molecular weight is 467 g/mol. The quantitative estimate of drug-likeness (QED) is 0.696. The molecule has 3 aliphatic rings. The zero-order valence-corrected chi connectivity index (χ0v) is 19.7. The van der Waals surface area contributed by atoms with Gasteiger partial charge in [-0.15, -0.1) is 0 Å². The van der Waals surface area contributed by atoms with Gasteiger partial charge in [-0.1, -0.05) is 6.07 Å². The van der Waals surface area contributed by atoms with Gasteiger partial charge in [0.1, 0.15) is 11.6 Å². The van der Waals surface area contributed by atoms with E-state index < -0.39 is 0 Å². The van der Waals surface area contributed by atoms with Crippen LogP contribution in [0, 0.1) is 11.7 Å². The number of hydrogen-bond donors (Lipinski definition) is 0. The Bertz CT molecular complexity index is 1070. The van der Waals surface area contributed by atoms with Gasteiger partial charge < -0.3 is 24.3 Å². The normalized spacial score (nSPS) is 22.2. The van der Waals surface area contributed by atoms with Gasteiger partial charge in [-0.25, -0.2) is 4.39 Å². The second-order valence-electron chi connectivity index (χ2n) is 9.32. The molecule has 3 aliphatic heterocycles. The van der Waals surface area contributed by atoms with Gasteiger partial charge in [-0.3, -0.25) is 9.59 Å². The molecule has 2 atom stereocenters. The summed E-state index contributed by atoms with van der Waals surface area (Å²) in [5.74, 6) is 0.581. The minimum absolute atomic E-state index is 0.00301. The topological polar surface area (TPSA) is 56.3 Å². The van der Waals surface area contributed by atoms with E-state index in [2.05, 4.69) is 21.9 Å². The number of piperazine rings is 2. The Labute approximate surface area is 199 Å². The molecular weight excluding hydrogens is 435 g/mol. The smallest absolute Gasteiger partial charge is 0.228 e. The third-order valence-corrected chi connectivity index (χ3v) is 7.47. The number of halogens is 1. The van der Waals surface area contributed by atoms with E-state index in [0.717, 1.165) is 35.8 Å². The minimum atomic E-state index is -0.251. The van der Waals surface area contributed by atoms with E-state index in [1.807, 2.05) is 23.1 Å². The minimum Gasteiger partial charge on any atom is -0.497 e. The van der Waals surface area contributed by atoms with Crippen molar-refractivity contribution in [2.75, 3.05) is 62.7 Å². The lowest BCUT2D eigenvalue weighted by Gasteiger charge is -2.50. The number of carbonyl (C=O) groups is 2. The molecule has 0 radical (unpaired) electrons. The summed E-state index contributed by atoms with van der Waals surface area (Å²) >= 11 is 0. The molecule has 180 valence electrons. The molecule has 5 rings (SSSR count). The van der Waals surface area contributed by atoms with Crippen molar-refractivity contribution in [2.24, 2.45) is 5.92 Å². The summed E-state index contributed by atoms with van der Waals surface area (Å²) in [7, 11) is 1.67. The molecule has 2 aromatic carbocycles. The third-order valence-electron chi connectivity index (χ3n) is 7.47. The van der Waals surface area contributed by atoms with Crippen molar-refractivity contribution in [1.29, 1.82) is 0 Å². The Hall–Kier alpha value is -3.29. The molecule has 7 nitrogen and oxygen atoms in total. The van der Waals surface area contributed by atoms with E-state index in [-0.39, 0.29) is 29.6 Å². The highest BCUT2D eigenvalue weighted by Crippen LogP contribution is 2.39. The van der Waals surface area contributed by atoms with E-state index in [4.69, 9.17) is 4.74 Å². The van der Waals surface area contributed by atoms with Crippen molar-refractivity contribution in [2.45, 2.75) is 19.4 Å². The molecule has 0 aromatic heterocycles. The Kier molecular flexibility index (Phi) is 6.06. The number of methoxy groups -OCH3 is 1. The van der Waals surface area contributed by atoms with Crippen LogP contribution < -0.4 is 14.5 Å². The summed E-state index contributed by atoms with van der Waals surface area (Å²) in [5, 5.41) is 0. The van der Waals surface area contributed by atoms with Crippen LogP contribution in [-0.2, 0) is 16.0 Å². The van der Waals surface area contributed by atoms with E-state index in [1.54, 1.807) is 18.9 Å². The molecule has 0 aliphatic carbocycles. The molecule has 0 saturated carbocycles. The van der Waals surface area contributed by atoms with Gasteiger partial charge in [-0.05, 0) is 42.3 Å². The number of benzene rings is 2. The summed E-state index contributed by atoms with van der Waals surface area (Å²) in [4.78, 5) is 33.9. The largest absolute Gasteiger partial charge is 0.497 e. The van der Waals surface area contributed by atoms with Crippen LogP contribution in [0.2, 0.25) is 0 Å². The summed E-state index contributed by atoms with van der Waals surface area (Å²) in [5.41, 5.74) is 3.26.